The number of aliphatic hydroxyl groups is 1. The lowest BCUT2D eigenvalue weighted by molar-refractivity contribution is -0.128. The van der Waals surface area contributed by atoms with Gasteiger partial charge in [0.2, 0.25) is 5.91 Å². The van der Waals surface area contributed by atoms with Crippen LogP contribution in [0.3, 0.4) is 0 Å². The van der Waals surface area contributed by atoms with Gasteiger partial charge in [-0.1, -0.05) is 19.3 Å². The van der Waals surface area contributed by atoms with Crippen molar-refractivity contribution in [2.45, 2.75) is 69.9 Å². The minimum absolute atomic E-state index is 0.0150. The first kappa shape index (κ1) is 16.1. The summed E-state index contributed by atoms with van der Waals surface area (Å²) < 4.78 is 2.11. The van der Waals surface area contributed by atoms with Gasteiger partial charge >= 0.3 is 0 Å². The van der Waals surface area contributed by atoms with Crippen LogP contribution in [0.25, 0.3) is 0 Å². The zero-order chi connectivity index (χ0) is 15.3. The highest BCUT2D eigenvalue weighted by atomic mass is 16.3. The van der Waals surface area contributed by atoms with Gasteiger partial charge in [0, 0.05) is 25.0 Å². The van der Waals surface area contributed by atoms with E-state index in [2.05, 4.69) is 16.0 Å². The van der Waals surface area contributed by atoms with E-state index in [1.165, 1.54) is 12.1 Å². The summed E-state index contributed by atoms with van der Waals surface area (Å²) >= 11 is 0. The van der Waals surface area contributed by atoms with Gasteiger partial charge in [-0.15, -0.1) is 0 Å². The van der Waals surface area contributed by atoms with Crippen LogP contribution in [0.15, 0.2) is 18.3 Å². The lowest BCUT2D eigenvalue weighted by atomic mass is 9.82. The molecular formula is C17H28N2O2. The summed E-state index contributed by atoms with van der Waals surface area (Å²) in [6, 6.07) is 4.29. The van der Waals surface area contributed by atoms with Gasteiger partial charge < -0.3 is 15.0 Å². The van der Waals surface area contributed by atoms with Crippen LogP contribution in [0.1, 0.15) is 57.6 Å². The van der Waals surface area contributed by atoms with Crippen molar-refractivity contribution in [1.82, 2.24) is 9.88 Å². The van der Waals surface area contributed by atoms with E-state index in [-0.39, 0.29) is 18.4 Å². The number of aromatic nitrogens is 1. The second-order valence-electron chi connectivity index (χ2n) is 6.58. The number of aryl methyl sites for hydroxylation is 2. The lowest BCUT2D eigenvalue weighted by Gasteiger charge is -2.31. The Morgan fingerprint density at radius 3 is 2.76 bits per heavy atom. The molecule has 1 amide bonds. The van der Waals surface area contributed by atoms with Gasteiger partial charge in [-0.2, -0.15) is 0 Å². The Morgan fingerprint density at radius 2 is 2.14 bits per heavy atom. The Hall–Kier alpha value is -1.29. The number of hydrogen-bond acceptors (Lipinski definition) is 2. The SMILES string of the molecule is CC(CCc1cccn1C)NC(=O)CC1(O)CCCCC1. The summed E-state index contributed by atoms with van der Waals surface area (Å²) in [5, 5.41) is 13.4. The predicted molar refractivity (Wildman–Crippen MR) is 84.0 cm³/mol. The fourth-order valence-corrected chi connectivity index (χ4v) is 3.20. The van der Waals surface area contributed by atoms with Crippen molar-refractivity contribution in [1.29, 1.82) is 0 Å². The van der Waals surface area contributed by atoms with E-state index in [4.69, 9.17) is 0 Å². The van der Waals surface area contributed by atoms with Crippen molar-refractivity contribution < 1.29 is 9.90 Å². The molecule has 2 N–H and O–H groups in total. The molecule has 4 heteroatoms. The van der Waals surface area contributed by atoms with Crippen molar-refractivity contribution in [2.24, 2.45) is 7.05 Å². The molecule has 0 aromatic carbocycles. The molecule has 1 aromatic rings. The molecule has 2 rings (SSSR count). The standard InChI is InChI=1S/C17H28N2O2/c1-14(8-9-15-7-6-12-19(15)2)18-16(20)13-17(21)10-4-3-5-11-17/h6-7,12,14,21H,3-5,8-11,13H2,1-2H3,(H,18,20). The lowest BCUT2D eigenvalue weighted by Crippen LogP contribution is -2.41. The fraction of sp³-hybridized carbons (Fsp3) is 0.706. The molecular weight excluding hydrogens is 264 g/mol. The van der Waals surface area contributed by atoms with Gasteiger partial charge in [-0.3, -0.25) is 4.79 Å². The first-order valence-corrected chi connectivity index (χ1v) is 8.10. The molecule has 0 bridgehead atoms. The molecule has 1 aromatic heterocycles. The minimum Gasteiger partial charge on any atom is -0.389 e. The van der Waals surface area contributed by atoms with E-state index in [9.17, 15) is 9.90 Å². The van der Waals surface area contributed by atoms with Crippen molar-refractivity contribution in [3.05, 3.63) is 24.0 Å². The molecule has 0 saturated heterocycles. The summed E-state index contributed by atoms with van der Waals surface area (Å²) in [5.74, 6) is -0.0150. The molecule has 1 atom stereocenters. The summed E-state index contributed by atoms with van der Waals surface area (Å²) in [7, 11) is 2.04. The maximum Gasteiger partial charge on any atom is 0.223 e. The van der Waals surface area contributed by atoms with Gasteiger partial charge in [0.15, 0.2) is 0 Å². The maximum absolute atomic E-state index is 12.1. The summed E-state index contributed by atoms with van der Waals surface area (Å²) in [5.41, 5.74) is 0.516. The van der Waals surface area contributed by atoms with Crippen LogP contribution in [0.4, 0.5) is 0 Å². The first-order valence-electron chi connectivity index (χ1n) is 8.10. The maximum atomic E-state index is 12.1. The highest BCUT2D eigenvalue weighted by Gasteiger charge is 2.31. The minimum atomic E-state index is -0.764. The van der Waals surface area contributed by atoms with Gasteiger partial charge in [-0.05, 0) is 44.7 Å². The summed E-state index contributed by atoms with van der Waals surface area (Å²) in [4.78, 5) is 12.1. The molecule has 0 radical (unpaired) electrons. The van der Waals surface area contributed by atoms with Gasteiger partial charge in [0.05, 0.1) is 12.0 Å². The van der Waals surface area contributed by atoms with E-state index < -0.39 is 5.60 Å². The van der Waals surface area contributed by atoms with Gasteiger partial charge in [0.1, 0.15) is 0 Å². The third kappa shape index (κ3) is 4.88. The molecule has 1 saturated carbocycles. The van der Waals surface area contributed by atoms with Crippen LogP contribution in [-0.4, -0.2) is 27.2 Å². The van der Waals surface area contributed by atoms with Crippen molar-refractivity contribution >= 4 is 5.91 Å². The molecule has 1 aliphatic carbocycles. The van der Waals surface area contributed by atoms with Gasteiger partial charge in [-0.25, -0.2) is 0 Å². The quantitative estimate of drug-likeness (QED) is 0.846. The average Bonchev–Trinajstić information content (AvgIpc) is 2.82. The molecule has 4 nitrogen and oxygen atoms in total. The first-order chi connectivity index (χ1) is 9.98. The predicted octanol–water partition coefficient (Wildman–Crippen LogP) is 2.55. The number of nitrogens with one attached hydrogen (secondary N) is 1. The monoisotopic (exact) mass is 292 g/mol. The zero-order valence-corrected chi connectivity index (χ0v) is 13.3. The molecule has 118 valence electrons. The third-order valence-electron chi connectivity index (χ3n) is 4.57. The van der Waals surface area contributed by atoms with Crippen LogP contribution in [0.5, 0.6) is 0 Å². The number of nitrogens with zero attached hydrogens (tertiary/aromatic N) is 1. The number of carbonyl (C=O) groups excluding carboxylic acids is 1. The number of rotatable bonds is 6. The van der Waals surface area contributed by atoms with Crippen LogP contribution in [-0.2, 0) is 18.3 Å². The van der Waals surface area contributed by atoms with E-state index in [1.54, 1.807) is 0 Å². The van der Waals surface area contributed by atoms with Crippen LogP contribution in [0, 0.1) is 0 Å². The average molecular weight is 292 g/mol. The molecule has 0 spiro atoms. The van der Waals surface area contributed by atoms with Crippen LogP contribution >= 0.6 is 0 Å². The topological polar surface area (TPSA) is 54.3 Å². The normalized spacial score (nSPS) is 19.2. The summed E-state index contributed by atoms with van der Waals surface area (Å²) in [6.07, 6.45) is 8.93. The van der Waals surface area contributed by atoms with E-state index >= 15 is 0 Å². The number of hydrogen-bond donors (Lipinski definition) is 2. The van der Waals surface area contributed by atoms with E-state index in [0.717, 1.165) is 38.5 Å². The Balaban J connectivity index is 1.73. The fourth-order valence-electron chi connectivity index (χ4n) is 3.20. The van der Waals surface area contributed by atoms with Gasteiger partial charge in [0.25, 0.3) is 0 Å². The second kappa shape index (κ2) is 7.12. The smallest absolute Gasteiger partial charge is 0.223 e. The largest absolute Gasteiger partial charge is 0.389 e. The molecule has 1 heterocycles. The van der Waals surface area contributed by atoms with E-state index in [1.807, 2.05) is 26.2 Å². The van der Waals surface area contributed by atoms with Crippen molar-refractivity contribution in [3.63, 3.8) is 0 Å². The molecule has 1 aliphatic rings. The molecule has 21 heavy (non-hydrogen) atoms. The summed E-state index contributed by atoms with van der Waals surface area (Å²) in [6.45, 7) is 2.03. The molecule has 1 unspecified atom stereocenters. The van der Waals surface area contributed by atoms with Crippen molar-refractivity contribution in [2.75, 3.05) is 0 Å². The Bertz CT molecular complexity index is 461. The van der Waals surface area contributed by atoms with Crippen LogP contribution < -0.4 is 5.32 Å². The number of amides is 1. The molecule has 0 aliphatic heterocycles. The highest BCUT2D eigenvalue weighted by molar-refractivity contribution is 5.77. The Morgan fingerprint density at radius 1 is 1.43 bits per heavy atom. The zero-order valence-electron chi connectivity index (χ0n) is 13.3. The van der Waals surface area contributed by atoms with Crippen LogP contribution in [0.2, 0.25) is 0 Å². The van der Waals surface area contributed by atoms with E-state index in [0.29, 0.717) is 0 Å². The Kier molecular flexibility index (Phi) is 5.45. The molecule has 1 fully saturated rings. The highest BCUT2D eigenvalue weighted by Crippen LogP contribution is 2.30. The second-order valence-corrected chi connectivity index (χ2v) is 6.58. The van der Waals surface area contributed by atoms with Crippen molar-refractivity contribution in [3.8, 4) is 0 Å². The third-order valence-corrected chi connectivity index (χ3v) is 4.57. The Labute approximate surface area is 127 Å². The number of carbonyl (C=O) groups is 1.